The first-order valence-electron chi connectivity index (χ1n) is 5.01. The summed E-state index contributed by atoms with van der Waals surface area (Å²) < 4.78 is 5.79. The monoisotopic (exact) mass is 169 g/mol. The molecule has 2 heteroatoms. The zero-order valence-electron chi connectivity index (χ0n) is 8.15. The molecule has 0 unspecified atom stereocenters. The van der Waals surface area contributed by atoms with Gasteiger partial charge in [-0.3, -0.25) is 0 Å². The van der Waals surface area contributed by atoms with Crippen molar-refractivity contribution in [3.8, 4) is 0 Å². The fourth-order valence-electron chi connectivity index (χ4n) is 2.65. The lowest BCUT2D eigenvalue weighted by Crippen LogP contribution is -2.50. The van der Waals surface area contributed by atoms with E-state index >= 15 is 0 Å². The molecule has 2 aliphatic heterocycles. The summed E-state index contributed by atoms with van der Waals surface area (Å²) in [4.78, 5) is 0. The van der Waals surface area contributed by atoms with Gasteiger partial charge >= 0.3 is 0 Å². The van der Waals surface area contributed by atoms with E-state index in [2.05, 4.69) is 19.2 Å². The van der Waals surface area contributed by atoms with Crippen LogP contribution in [0, 0.1) is 5.41 Å². The molecule has 0 aromatic rings. The van der Waals surface area contributed by atoms with E-state index in [-0.39, 0.29) is 5.60 Å². The molecule has 0 amide bonds. The number of rotatable bonds is 0. The van der Waals surface area contributed by atoms with E-state index in [1.54, 1.807) is 0 Å². The van der Waals surface area contributed by atoms with Crippen molar-refractivity contribution in [3.63, 3.8) is 0 Å². The molecular formula is C10H19NO. The Kier molecular flexibility index (Phi) is 1.92. The Morgan fingerprint density at radius 2 is 2.08 bits per heavy atom. The highest BCUT2D eigenvalue weighted by molar-refractivity contribution is 5.01. The lowest BCUT2D eigenvalue weighted by atomic mass is 9.69. The van der Waals surface area contributed by atoms with Crippen LogP contribution in [0.2, 0.25) is 0 Å². The van der Waals surface area contributed by atoms with Crippen LogP contribution in [0.15, 0.2) is 0 Å². The van der Waals surface area contributed by atoms with Gasteiger partial charge in [0.25, 0.3) is 0 Å². The van der Waals surface area contributed by atoms with Gasteiger partial charge in [0.2, 0.25) is 0 Å². The molecule has 2 aliphatic rings. The van der Waals surface area contributed by atoms with Gasteiger partial charge in [-0.2, -0.15) is 0 Å². The van der Waals surface area contributed by atoms with Gasteiger partial charge < -0.3 is 10.1 Å². The van der Waals surface area contributed by atoms with E-state index in [0.717, 1.165) is 13.2 Å². The average molecular weight is 169 g/mol. The standard InChI is InChI=1S/C10H19NO/c1-9(2)10(5-7-12-9)4-3-6-11-8-10/h11H,3-8H2,1-2H3/t10-/m0/s1. The van der Waals surface area contributed by atoms with Crippen LogP contribution in [0.4, 0.5) is 0 Å². The van der Waals surface area contributed by atoms with Crippen molar-refractivity contribution in [2.75, 3.05) is 19.7 Å². The normalized spacial score (nSPS) is 40.5. The zero-order valence-corrected chi connectivity index (χ0v) is 8.15. The fourth-order valence-corrected chi connectivity index (χ4v) is 2.65. The van der Waals surface area contributed by atoms with Crippen molar-refractivity contribution in [1.29, 1.82) is 0 Å². The first kappa shape index (κ1) is 8.52. The van der Waals surface area contributed by atoms with Gasteiger partial charge in [0.1, 0.15) is 0 Å². The highest BCUT2D eigenvalue weighted by atomic mass is 16.5. The van der Waals surface area contributed by atoms with E-state index in [4.69, 9.17) is 4.74 Å². The molecule has 0 saturated carbocycles. The summed E-state index contributed by atoms with van der Waals surface area (Å²) >= 11 is 0. The summed E-state index contributed by atoms with van der Waals surface area (Å²) in [5, 5.41) is 3.49. The lowest BCUT2D eigenvalue weighted by Gasteiger charge is -2.43. The summed E-state index contributed by atoms with van der Waals surface area (Å²) in [6.45, 7) is 7.78. The van der Waals surface area contributed by atoms with Crippen LogP contribution in [0.5, 0.6) is 0 Å². The Hall–Kier alpha value is -0.0800. The third-order valence-electron chi connectivity index (χ3n) is 3.79. The largest absolute Gasteiger partial charge is 0.375 e. The van der Waals surface area contributed by atoms with Gasteiger partial charge in [0.05, 0.1) is 5.60 Å². The van der Waals surface area contributed by atoms with E-state index in [0.29, 0.717) is 5.41 Å². The van der Waals surface area contributed by atoms with Crippen molar-refractivity contribution in [2.24, 2.45) is 5.41 Å². The molecule has 0 aliphatic carbocycles. The highest BCUT2D eigenvalue weighted by Crippen LogP contribution is 2.47. The molecule has 2 nitrogen and oxygen atoms in total. The molecule has 0 radical (unpaired) electrons. The molecule has 2 fully saturated rings. The minimum atomic E-state index is 0.0976. The zero-order chi connectivity index (χ0) is 8.66. The molecule has 0 aromatic heterocycles. The summed E-state index contributed by atoms with van der Waals surface area (Å²) in [5.41, 5.74) is 0.533. The first-order valence-corrected chi connectivity index (χ1v) is 5.01. The molecule has 2 saturated heterocycles. The topological polar surface area (TPSA) is 21.3 Å². The van der Waals surface area contributed by atoms with Gasteiger partial charge in [0.15, 0.2) is 0 Å². The number of ether oxygens (including phenoxy) is 1. The smallest absolute Gasteiger partial charge is 0.0695 e. The Morgan fingerprint density at radius 3 is 2.58 bits per heavy atom. The van der Waals surface area contributed by atoms with Crippen LogP contribution in [0.25, 0.3) is 0 Å². The Balaban J connectivity index is 2.17. The maximum absolute atomic E-state index is 5.79. The van der Waals surface area contributed by atoms with Crippen LogP contribution >= 0.6 is 0 Å². The van der Waals surface area contributed by atoms with E-state index in [1.807, 2.05) is 0 Å². The molecule has 1 atom stereocenters. The van der Waals surface area contributed by atoms with Gasteiger partial charge in [-0.05, 0) is 39.7 Å². The number of piperidine rings is 1. The van der Waals surface area contributed by atoms with Gasteiger partial charge in [0, 0.05) is 18.6 Å². The predicted octanol–water partition coefficient (Wildman–Crippen LogP) is 1.56. The minimum absolute atomic E-state index is 0.0976. The van der Waals surface area contributed by atoms with Crippen LogP contribution in [-0.2, 0) is 4.74 Å². The summed E-state index contributed by atoms with van der Waals surface area (Å²) in [6, 6.07) is 0. The molecule has 0 aromatic carbocycles. The van der Waals surface area contributed by atoms with Crippen molar-refractivity contribution in [1.82, 2.24) is 5.32 Å². The lowest BCUT2D eigenvalue weighted by molar-refractivity contribution is -0.0424. The van der Waals surface area contributed by atoms with Gasteiger partial charge in [-0.25, -0.2) is 0 Å². The minimum Gasteiger partial charge on any atom is -0.375 e. The van der Waals surface area contributed by atoms with Crippen molar-refractivity contribution >= 4 is 0 Å². The van der Waals surface area contributed by atoms with Crippen LogP contribution in [0.1, 0.15) is 33.1 Å². The maximum Gasteiger partial charge on any atom is 0.0695 e. The molecule has 1 N–H and O–H groups in total. The fraction of sp³-hybridized carbons (Fsp3) is 1.00. The Morgan fingerprint density at radius 1 is 1.25 bits per heavy atom. The molecule has 70 valence electrons. The second-order valence-corrected chi connectivity index (χ2v) is 4.67. The quantitative estimate of drug-likeness (QED) is 0.594. The molecule has 2 heterocycles. The average Bonchev–Trinajstić information content (AvgIpc) is 2.30. The number of hydrogen-bond donors (Lipinski definition) is 1. The molecule has 12 heavy (non-hydrogen) atoms. The van der Waals surface area contributed by atoms with E-state index < -0.39 is 0 Å². The third kappa shape index (κ3) is 1.09. The Bertz CT molecular complexity index is 171. The van der Waals surface area contributed by atoms with Crippen LogP contribution < -0.4 is 5.32 Å². The summed E-state index contributed by atoms with van der Waals surface area (Å²) in [5.74, 6) is 0. The second kappa shape index (κ2) is 2.71. The van der Waals surface area contributed by atoms with Gasteiger partial charge in [-0.1, -0.05) is 0 Å². The number of hydrogen-bond acceptors (Lipinski definition) is 2. The molecular weight excluding hydrogens is 150 g/mol. The first-order chi connectivity index (χ1) is 5.66. The van der Waals surface area contributed by atoms with Crippen LogP contribution in [0.3, 0.4) is 0 Å². The molecule has 1 spiro atoms. The van der Waals surface area contributed by atoms with E-state index in [9.17, 15) is 0 Å². The second-order valence-electron chi connectivity index (χ2n) is 4.67. The summed E-state index contributed by atoms with van der Waals surface area (Å²) in [7, 11) is 0. The van der Waals surface area contributed by atoms with Gasteiger partial charge in [-0.15, -0.1) is 0 Å². The highest BCUT2D eigenvalue weighted by Gasteiger charge is 2.50. The van der Waals surface area contributed by atoms with Crippen molar-refractivity contribution in [2.45, 2.75) is 38.7 Å². The van der Waals surface area contributed by atoms with Crippen molar-refractivity contribution in [3.05, 3.63) is 0 Å². The maximum atomic E-state index is 5.79. The number of nitrogens with one attached hydrogen (secondary N) is 1. The SMILES string of the molecule is CC1(C)OCC[C@]12CCCNC2. The predicted molar refractivity (Wildman–Crippen MR) is 49.2 cm³/mol. The molecule has 2 rings (SSSR count). The van der Waals surface area contributed by atoms with E-state index in [1.165, 1.54) is 25.8 Å². The van der Waals surface area contributed by atoms with Crippen LogP contribution in [-0.4, -0.2) is 25.3 Å². The summed E-state index contributed by atoms with van der Waals surface area (Å²) in [6.07, 6.45) is 3.90. The molecule has 0 bridgehead atoms. The Labute approximate surface area is 74.7 Å². The van der Waals surface area contributed by atoms with Crippen molar-refractivity contribution < 1.29 is 4.74 Å². The third-order valence-corrected chi connectivity index (χ3v) is 3.79.